The first-order valence-corrected chi connectivity index (χ1v) is 16.0. The highest BCUT2D eigenvalue weighted by Gasteiger charge is 2.34. The van der Waals surface area contributed by atoms with Crippen molar-refractivity contribution >= 4 is 39.1 Å². The predicted molar refractivity (Wildman–Crippen MR) is 167 cm³/mol. The summed E-state index contributed by atoms with van der Waals surface area (Å²) in [6, 6.07) is 17.3. The van der Waals surface area contributed by atoms with E-state index in [1.165, 1.54) is 49.5 Å². The second-order valence-electron chi connectivity index (χ2n) is 10.7. The summed E-state index contributed by atoms with van der Waals surface area (Å²) < 4.78 is 39.9. The fourth-order valence-corrected chi connectivity index (χ4v) is 6.78. The van der Waals surface area contributed by atoms with Crippen LogP contribution in [0.25, 0.3) is 0 Å². The molecule has 9 nitrogen and oxygen atoms in total. The van der Waals surface area contributed by atoms with Crippen LogP contribution in [-0.4, -0.2) is 58.0 Å². The number of hydrogen-bond donors (Lipinski definition) is 1. The van der Waals surface area contributed by atoms with Crippen molar-refractivity contribution in [3.8, 4) is 11.5 Å². The van der Waals surface area contributed by atoms with Crippen LogP contribution >= 0.6 is 11.6 Å². The summed E-state index contributed by atoms with van der Waals surface area (Å²) in [5.74, 6) is -0.213. The standard InChI is InChI=1S/C32H38ClN3O6S/c1-22-8-7-9-24(18-22)20-35(23(2)32(38)34-26-10-5-6-11-26)31(37)21-36(27-14-12-25(33)13-15-27)43(39,40)28-16-17-29(41-3)30(19-28)42-4/h7-9,12-19,23,26H,5-6,10-11,20-21H2,1-4H3,(H,34,38)/t23-/m0/s1. The monoisotopic (exact) mass is 627 g/mol. The number of carbonyl (C=O) groups is 2. The average Bonchev–Trinajstić information content (AvgIpc) is 3.51. The molecule has 1 fully saturated rings. The summed E-state index contributed by atoms with van der Waals surface area (Å²) in [7, 11) is -1.42. The van der Waals surface area contributed by atoms with Gasteiger partial charge >= 0.3 is 0 Å². The molecule has 0 bridgehead atoms. The molecule has 4 rings (SSSR count). The van der Waals surface area contributed by atoms with Gasteiger partial charge in [0.05, 0.1) is 24.8 Å². The minimum atomic E-state index is -4.29. The third-order valence-electron chi connectivity index (χ3n) is 7.64. The number of amides is 2. The van der Waals surface area contributed by atoms with Crippen molar-refractivity contribution in [3.05, 3.63) is 82.9 Å². The lowest BCUT2D eigenvalue weighted by Crippen LogP contribution is -2.52. The zero-order valence-electron chi connectivity index (χ0n) is 24.9. The van der Waals surface area contributed by atoms with E-state index in [4.69, 9.17) is 21.1 Å². The van der Waals surface area contributed by atoms with E-state index in [0.717, 1.165) is 41.1 Å². The van der Waals surface area contributed by atoms with Gasteiger partial charge in [-0.05, 0) is 68.7 Å². The smallest absolute Gasteiger partial charge is 0.264 e. The molecular weight excluding hydrogens is 590 g/mol. The summed E-state index contributed by atoms with van der Waals surface area (Å²) in [6.07, 6.45) is 3.90. The third kappa shape index (κ3) is 7.80. The Morgan fingerprint density at radius 1 is 0.977 bits per heavy atom. The van der Waals surface area contributed by atoms with Gasteiger partial charge in [-0.15, -0.1) is 0 Å². The summed E-state index contributed by atoms with van der Waals surface area (Å²) in [5, 5.41) is 3.49. The van der Waals surface area contributed by atoms with Crippen LogP contribution in [-0.2, 0) is 26.2 Å². The van der Waals surface area contributed by atoms with Gasteiger partial charge < -0.3 is 19.7 Å². The van der Waals surface area contributed by atoms with Crippen LogP contribution in [0.3, 0.4) is 0 Å². The van der Waals surface area contributed by atoms with Crippen LogP contribution in [0.2, 0.25) is 5.02 Å². The van der Waals surface area contributed by atoms with E-state index in [2.05, 4.69) is 5.32 Å². The number of halogens is 1. The number of carbonyl (C=O) groups excluding carboxylic acids is 2. The van der Waals surface area contributed by atoms with Gasteiger partial charge in [0.2, 0.25) is 11.8 Å². The topological polar surface area (TPSA) is 105 Å². The minimum absolute atomic E-state index is 0.0712. The van der Waals surface area contributed by atoms with Gasteiger partial charge in [0.25, 0.3) is 10.0 Å². The van der Waals surface area contributed by atoms with E-state index in [9.17, 15) is 18.0 Å². The van der Waals surface area contributed by atoms with E-state index < -0.39 is 28.5 Å². The molecule has 0 radical (unpaired) electrons. The van der Waals surface area contributed by atoms with E-state index in [-0.39, 0.29) is 34.8 Å². The molecule has 3 aromatic carbocycles. The van der Waals surface area contributed by atoms with Gasteiger partial charge in [0, 0.05) is 23.7 Å². The second kappa shape index (κ2) is 14.1. The summed E-state index contributed by atoms with van der Waals surface area (Å²) in [6.45, 7) is 3.20. The molecule has 43 heavy (non-hydrogen) atoms. The normalized spacial score (nSPS) is 14.2. The van der Waals surface area contributed by atoms with Crippen molar-refractivity contribution < 1.29 is 27.5 Å². The Labute approximate surface area is 258 Å². The quantitative estimate of drug-likeness (QED) is 0.291. The van der Waals surface area contributed by atoms with Crippen molar-refractivity contribution in [1.29, 1.82) is 0 Å². The lowest BCUT2D eigenvalue weighted by molar-refractivity contribution is -0.139. The maximum absolute atomic E-state index is 14.1. The van der Waals surface area contributed by atoms with Gasteiger partial charge in [-0.3, -0.25) is 13.9 Å². The predicted octanol–water partition coefficient (Wildman–Crippen LogP) is 5.34. The third-order valence-corrected chi connectivity index (χ3v) is 9.66. The molecule has 1 aliphatic rings. The molecule has 0 spiro atoms. The molecule has 0 aliphatic heterocycles. The molecule has 0 heterocycles. The molecular formula is C32H38ClN3O6S. The SMILES string of the molecule is COc1ccc(S(=O)(=O)N(CC(=O)N(Cc2cccc(C)c2)[C@@H](C)C(=O)NC2CCCC2)c2ccc(Cl)cc2)cc1OC. The van der Waals surface area contributed by atoms with Gasteiger partial charge in [-0.1, -0.05) is 54.3 Å². The van der Waals surface area contributed by atoms with E-state index in [1.54, 1.807) is 19.1 Å². The molecule has 0 unspecified atom stereocenters. The van der Waals surface area contributed by atoms with Gasteiger partial charge in [-0.25, -0.2) is 8.42 Å². The summed E-state index contributed by atoms with van der Waals surface area (Å²) >= 11 is 6.11. The van der Waals surface area contributed by atoms with Crippen LogP contribution in [0.15, 0.2) is 71.6 Å². The Hall–Kier alpha value is -3.76. The fraction of sp³-hybridized carbons (Fsp3) is 0.375. The Morgan fingerprint density at radius 3 is 2.28 bits per heavy atom. The van der Waals surface area contributed by atoms with Gasteiger partial charge in [0.15, 0.2) is 11.5 Å². The highest BCUT2D eigenvalue weighted by molar-refractivity contribution is 7.92. The van der Waals surface area contributed by atoms with Crippen LogP contribution in [0.1, 0.15) is 43.7 Å². The number of nitrogens with one attached hydrogen (secondary N) is 1. The molecule has 1 atom stereocenters. The number of sulfonamides is 1. The minimum Gasteiger partial charge on any atom is -0.493 e. The van der Waals surface area contributed by atoms with E-state index in [1.807, 2.05) is 31.2 Å². The summed E-state index contributed by atoms with van der Waals surface area (Å²) in [4.78, 5) is 28.8. The second-order valence-corrected chi connectivity index (χ2v) is 13.0. The van der Waals surface area contributed by atoms with Crippen molar-refractivity contribution in [1.82, 2.24) is 10.2 Å². The number of rotatable bonds is 12. The highest BCUT2D eigenvalue weighted by Crippen LogP contribution is 2.33. The number of nitrogens with zero attached hydrogens (tertiary/aromatic N) is 2. The van der Waals surface area contributed by atoms with Gasteiger partial charge in [0.1, 0.15) is 12.6 Å². The Bertz CT molecular complexity index is 1540. The number of anilines is 1. The van der Waals surface area contributed by atoms with Crippen molar-refractivity contribution in [2.75, 3.05) is 25.1 Å². The maximum atomic E-state index is 14.1. The summed E-state index contributed by atoms with van der Waals surface area (Å²) in [5.41, 5.74) is 2.08. The Morgan fingerprint density at radius 2 is 1.65 bits per heavy atom. The highest BCUT2D eigenvalue weighted by atomic mass is 35.5. The molecule has 1 saturated carbocycles. The van der Waals surface area contributed by atoms with E-state index in [0.29, 0.717) is 10.8 Å². The maximum Gasteiger partial charge on any atom is 0.264 e. The first kappa shape index (κ1) is 32.2. The van der Waals surface area contributed by atoms with Crippen LogP contribution < -0.4 is 19.1 Å². The van der Waals surface area contributed by atoms with Crippen LogP contribution in [0.5, 0.6) is 11.5 Å². The zero-order valence-corrected chi connectivity index (χ0v) is 26.5. The average molecular weight is 628 g/mol. The van der Waals surface area contributed by atoms with Crippen molar-refractivity contribution in [2.24, 2.45) is 0 Å². The fourth-order valence-electron chi connectivity index (χ4n) is 5.22. The number of aryl methyl sites for hydroxylation is 1. The number of benzene rings is 3. The van der Waals surface area contributed by atoms with Crippen LogP contribution in [0.4, 0.5) is 5.69 Å². The molecule has 1 aliphatic carbocycles. The molecule has 3 aromatic rings. The zero-order chi connectivity index (χ0) is 31.1. The number of methoxy groups -OCH3 is 2. The molecule has 0 aromatic heterocycles. The number of hydrogen-bond acceptors (Lipinski definition) is 6. The molecule has 0 saturated heterocycles. The number of ether oxygens (including phenoxy) is 2. The largest absolute Gasteiger partial charge is 0.493 e. The van der Waals surface area contributed by atoms with Crippen molar-refractivity contribution in [3.63, 3.8) is 0 Å². The molecule has 230 valence electrons. The van der Waals surface area contributed by atoms with Crippen molar-refractivity contribution in [2.45, 2.75) is 63.1 Å². The van der Waals surface area contributed by atoms with Gasteiger partial charge in [-0.2, -0.15) is 0 Å². The lowest BCUT2D eigenvalue weighted by Gasteiger charge is -2.32. The lowest BCUT2D eigenvalue weighted by atomic mass is 10.1. The molecule has 11 heteroatoms. The molecule has 2 amide bonds. The van der Waals surface area contributed by atoms with Crippen LogP contribution in [0, 0.1) is 6.92 Å². The van der Waals surface area contributed by atoms with E-state index >= 15 is 0 Å². The first-order valence-electron chi connectivity index (χ1n) is 14.2. The Kier molecular flexibility index (Phi) is 10.6. The Balaban J connectivity index is 1.71. The first-order chi connectivity index (χ1) is 20.5. The molecule has 1 N–H and O–H groups in total.